The van der Waals surface area contributed by atoms with Crippen LogP contribution in [0.25, 0.3) is 0 Å². The maximum atomic E-state index is 5.60. The molecule has 19 heavy (non-hydrogen) atoms. The molecule has 1 unspecified atom stereocenters. The molecule has 0 aliphatic heterocycles. The van der Waals surface area contributed by atoms with Gasteiger partial charge in [-0.05, 0) is 31.7 Å². The molecule has 5 heteroatoms. The summed E-state index contributed by atoms with van der Waals surface area (Å²) in [5.74, 6) is 3.03. The summed E-state index contributed by atoms with van der Waals surface area (Å²) >= 11 is 1.99. The Morgan fingerprint density at radius 2 is 2.16 bits per heavy atom. The van der Waals surface area contributed by atoms with Crippen LogP contribution in [0.4, 0.5) is 0 Å². The summed E-state index contributed by atoms with van der Waals surface area (Å²) in [6.07, 6.45) is 8.74. The Labute approximate surface area is 119 Å². The Morgan fingerprint density at radius 3 is 2.89 bits per heavy atom. The van der Waals surface area contributed by atoms with Crippen LogP contribution in [-0.2, 0) is 12.2 Å². The maximum Gasteiger partial charge on any atom is 0.226 e. The molecule has 1 aromatic rings. The Kier molecular flexibility index (Phi) is 6.17. The second-order valence-corrected chi connectivity index (χ2v) is 6.84. The predicted octanol–water partition coefficient (Wildman–Crippen LogP) is 3.16. The van der Waals surface area contributed by atoms with E-state index in [4.69, 9.17) is 10.3 Å². The van der Waals surface area contributed by atoms with Gasteiger partial charge in [0.15, 0.2) is 5.82 Å². The number of nitrogens with two attached hydrogens (primary N) is 1. The molecule has 0 bridgehead atoms. The van der Waals surface area contributed by atoms with E-state index in [1.807, 2.05) is 11.8 Å². The summed E-state index contributed by atoms with van der Waals surface area (Å²) < 4.78 is 5.28. The lowest BCUT2D eigenvalue weighted by Crippen LogP contribution is -2.11. The van der Waals surface area contributed by atoms with Crippen LogP contribution in [0.15, 0.2) is 4.52 Å². The first-order valence-electron chi connectivity index (χ1n) is 7.41. The number of aromatic nitrogens is 2. The SMILES string of the molecule is CC(CN)CCc1nc(CSC2CCCCC2)no1. The molecule has 0 saturated heterocycles. The topological polar surface area (TPSA) is 64.9 Å². The van der Waals surface area contributed by atoms with Crippen molar-refractivity contribution in [2.45, 2.75) is 62.9 Å². The molecular formula is C14H25N3OS. The number of hydrogen-bond acceptors (Lipinski definition) is 5. The van der Waals surface area contributed by atoms with Crippen molar-refractivity contribution in [2.24, 2.45) is 11.7 Å². The predicted molar refractivity (Wildman–Crippen MR) is 79.0 cm³/mol. The van der Waals surface area contributed by atoms with Crippen LogP contribution in [-0.4, -0.2) is 21.9 Å². The molecule has 0 amide bonds. The summed E-state index contributed by atoms with van der Waals surface area (Å²) in [4.78, 5) is 4.46. The molecule has 1 fully saturated rings. The van der Waals surface area contributed by atoms with Gasteiger partial charge in [-0.15, -0.1) is 0 Å². The van der Waals surface area contributed by atoms with Crippen molar-refractivity contribution in [2.75, 3.05) is 6.54 Å². The molecular weight excluding hydrogens is 258 g/mol. The summed E-state index contributed by atoms with van der Waals surface area (Å²) in [6, 6.07) is 0. The molecule has 1 aliphatic carbocycles. The molecule has 1 atom stereocenters. The third kappa shape index (κ3) is 5.15. The van der Waals surface area contributed by atoms with E-state index in [0.29, 0.717) is 5.92 Å². The zero-order valence-corrected chi connectivity index (χ0v) is 12.6. The standard InChI is InChI=1S/C14H25N3OS/c1-11(9-15)7-8-14-16-13(17-18-14)10-19-12-5-3-2-4-6-12/h11-12H,2-10,15H2,1H3. The van der Waals surface area contributed by atoms with Gasteiger partial charge in [0.2, 0.25) is 5.89 Å². The van der Waals surface area contributed by atoms with E-state index in [2.05, 4.69) is 17.1 Å². The van der Waals surface area contributed by atoms with Crippen molar-refractivity contribution < 1.29 is 4.52 Å². The molecule has 1 aromatic heterocycles. The molecule has 0 aromatic carbocycles. The molecule has 0 radical (unpaired) electrons. The van der Waals surface area contributed by atoms with E-state index in [9.17, 15) is 0 Å². The normalized spacial score (nSPS) is 18.6. The molecule has 0 spiro atoms. The van der Waals surface area contributed by atoms with Gasteiger partial charge in [0.05, 0.1) is 5.75 Å². The quantitative estimate of drug-likeness (QED) is 0.832. The van der Waals surface area contributed by atoms with Crippen LogP contribution in [0.2, 0.25) is 0 Å². The first-order chi connectivity index (χ1) is 9.28. The zero-order valence-electron chi connectivity index (χ0n) is 11.8. The Bertz CT molecular complexity index is 363. The molecule has 1 aliphatic rings. The summed E-state index contributed by atoms with van der Waals surface area (Å²) in [7, 11) is 0. The molecule has 2 N–H and O–H groups in total. The van der Waals surface area contributed by atoms with Crippen molar-refractivity contribution in [3.05, 3.63) is 11.7 Å². The first kappa shape index (κ1) is 14.9. The van der Waals surface area contributed by atoms with E-state index in [1.54, 1.807) is 0 Å². The van der Waals surface area contributed by atoms with Gasteiger partial charge in [0.1, 0.15) is 0 Å². The Hall–Kier alpha value is -0.550. The summed E-state index contributed by atoms with van der Waals surface area (Å²) in [6.45, 7) is 2.87. The highest BCUT2D eigenvalue weighted by Crippen LogP contribution is 2.29. The highest BCUT2D eigenvalue weighted by atomic mass is 32.2. The van der Waals surface area contributed by atoms with Gasteiger partial charge >= 0.3 is 0 Å². The molecule has 1 heterocycles. The molecule has 2 rings (SSSR count). The van der Waals surface area contributed by atoms with Gasteiger partial charge in [-0.2, -0.15) is 16.7 Å². The average molecular weight is 283 g/mol. The number of rotatable bonds is 7. The zero-order chi connectivity index (χ0) is 13.5. The maximum absolute atomic E-state index is 5.60. The number of aryl methyl sites for hydroxylation is 1. The fraction of sp³-hybridized carbons (Fsp3) is 0.857. The third-order valence-corrected chi connectivity index (χ3v) is 5.13. The largest absolute Gasteiger partial charge is 0.339 e. The number of thioether (sulfide) groups is 1. The van der Waals surface area contributed by atoms with Gasteiger partial charge in [-0.1, -0.05) is 31.3 Å². The summed E-state index contributed by atoms with van der Waals surface area (Å²) in [5, 5.41) is 4.87. The highest BCUT2D eigenvalue weighted by Gasteiger charge is 2.15. The average Bonchev–Trinajstić information content (AvgIpc) is 2.91. The van der Waals surface area contributed by atoms with Crippen molar-refractivity contribution >= 4 is 11.8 Å². The van der Waals surface area contributed by atoms with Gasteiger partial charge < -0.3 is 10.3 Å². The molecule has 4 nitrogen and oxygen atoms in total. The van der Waals surface area contributed by atoms with Crippen LogP contribution in [0.3, 0.4) is 0 Å². The summed E-state index contributed by atoms with van der Waals surface area (Å²) in [5.41, 5.74) is 5.60. The van der Waals surface area contributed by atoms with Crippen LogP contribution in [0.5, 0.6) is 0 Å². The number of hydrogen-bond donors (Lipinski definition) is 1. The fourth-order valence-electron chi connectivity index (χ4n) is 2.36. The van der Waals surface area contributed by atoms with E-state index in [-0.39, 0.29) is 0 Å². The van der Waals surface area contributed by atoms with Gasteiger partial charge in [-0.3, -0.25) is 0 Å². The molecule has 108 valence electrons. The van der Waals surface area contributed by atoms with Gasteiger partial charge in [-0.25, -0.2) is 0 Å². The Morgan fingerprint density at radius 1 is 1.37 bits per heavy atom. The van der Waals surface area contributed by atoms with Crippen molar-refractivity contribution in [1.82, 2.24) is 10.1 Å². The van der Waals surface area contributed by atoms with Gasteiger partial charge in [0.25, 0.3) is 0 Å². The third-order valence-electron chi connectivity index (χ3n) is 3.76. The highest BCUT2D eigenvalue weighted by molar-refractivity contribution is 7.99. The lowest BCUT2D eigenvalue weighted by molar-refractivity contribution is 0.362. The van der Waals surface area contributed by atoms with Crippen LogP contribution in [0, 0.1) is 5.92 Å². The fourth-order valence-corrected chi connectivity index (χ4v) is 3.53. The van der Waals surface area contributed by atoms with Crippen molar-refractivity contribution in [1.29, 1.82) is 0 Å². The smallest absolute Gasteiger partial charge is 0.226 e. The molecule has 1 saturated carbocycles. The van der Waals surface area contributed by atoms with E-state index < -0.39 is 0 Å². The lowest BCUT2D eigenvalue weighted by Gasteiger charge is -2.19. The monoisotopic (exact) mass is 283 g/mol. The van der Waals surface area contributed by atoms with E-state index >= 15 is 0 Å². The van der Waals surface area contributed by atoms with Crippen LogP contribution in [0.1, 0.15) is 57.2 Å². The lowest BCUT2D eigenvalue weighted by atomic mass is 10.0. The van der Waals surface area contributed by atoms with E-state index in [0.717, 1.165) is 42.1 Å². The second-order valence-electron chi connectivity index (χ2n) is 5.55. The second kappa shape index (κ2) is 7.90. The Balaban J connectivity index is 1.70. The first-order valence-corrected chi connectivity index (χ1v) is 8.46. The van der Waals surface area contributed by atoms with Gasteiger partial charge in [0, 0.05) is 11.7 Å². The minimum absolute atomic E-state index is 0.520. The van der Waals surface area contributed by atoms with E-state index in [1.165, 1.54) is 32.1 Å². The van der Waals surface area contributed by atoms with Crippen molar-refractivity contribution in [3.63, 3.8) is 0 Å². The van der Waals surface area contributed by atoms with Crippen LogP contribution >= 0.6 is 11.8 Å². The number of nitrogens with zero attached hydrogens (tertiary/aromatic N) is 2. The minimum atomic E-state index is 0.520. The minimum Gasteiger partial charge on any atom is -0.339 e. The van der Waals surface area contributed by atoms with Crippen LogP contribution < -0.4 is 5.73 Å². The van der Waals surface area contributed by atoms with Crippen molar-refractivity contribution in [3.8, 4) is 0 Å².